The fraction of sp³-hybridized carbons (Fsp3) is 0.833. The Hall–Kier alpha value is -0.330. The van der Waals surface area contributed by atoms with Crippen LogP contribution >= 0.6 is 0 Å². The number of rotatable bonds is 2. The molecule has 40 valence electrons. The minimum absolute atomic E-state index is 0.630. The third-order valence-electron chi connectivity index (χ3n) is 1.64. The molecule has 0 bridgehead atoms. The summed E-state index contributed by atoms with van der Waals surface area (Å²) in [5, 5.41) is 0. The molecule has 1 fully saturated rings. The highest BCUT2D eigenvalue weighted by atomic mass is 14.8. The van der Waals surface area contributed by atoms with Gasteiger partial charge in [-0.15, -0.1) is 0 Å². The molecule has 0 aromatic carbocycles. The summed E-state index contributed by atoms with van der Waals surface area (Å²) in [5.74, 6) is 0.887. The first kappa shape index (κ1) is 4.82. The first-order valence-corrected chi connectivity index (χ1v) is 2.84. The Bertz CT molecular complexity index is 78.2. The molecule has 0 spiro atoms. The van der Waals surface area contributed by atoms with Gasteiger partial charge in [0.15, 0.2) is 0 Å². The van der Waals surface area contributed by atoms with Gasteiger partial charge in [0.2, 0.25) is 0 Å². The first-order chi connectivity index (χ1) is 3.38. The quantitative estimate of drug-likeness (QED) is 0.463. The van der Waals surface area contributed by atoms with E-state index < -0.39 is 0 Å². The fourth-order valence-electron chi connectivity index (χ4n) is 0.894. The van der Waals surface area contributed by atoms with Crippen LogP contribution in [0.5, 0.6) is 0 Å². The van der Waals surface area contributed by atoms with Crippen LogP contribution in [0.15, 0.2) is 4.99 Å². The van der Waals surface area contributed by atoms with E-state index in [1.165, 1.54) is 12.8 Å². The van der Waals surface area contributed by atoms with E-state index in [-0.39, 0.29) is 0 Å². The average Bonchev–Trinajstić information content (AvgIpc) is 2.43. The van der Waals surface area contributed by atoms with Gasteiger partial charge in [-0.1, -0.05) is 13.3 Å². The zero-order valence-electron chi connectivity index (χ0n) is 4.72. The molecule has 7 heavy (non-hydrogen) atoms. The lowest BCUT2D eigenvalue weighted by molar-refractivity contribution is 0.762. The number of aliphatic imine (C=N–C) groups is 1. The van der Waals surface area contributed by atoms with Gasteiger partial charge in [0, 0.05) is 0 Å². The maximum absolute atomic E-state index is 3.90. The van der Waals surface area contributed by atoms with Crippen LogP contribution in [-0.4, -0.2) is 12.8 Å². The lowest BCUT2D eigenvalue weighted by Crippen LogP contribution is -1.77. The van der Waals surface area contributed by atoms with Crippen molar-refractivity contribution in [1.29, 1.82) is 0 Å². The van der Waals surface area contributed by atoms with Gasteiger partial charge in [0.05, 0.1) is 6.04 Å². The molecule has 0 aromatic heterocycles. The van der Waals surface area contributed by atoms with Crippen LogP contribution in [0.1, 0.15) is 19.8 Å². The summed E-state index contributed by atoms with van der Waals surface area (Å²) in [6.45, 7) is 5.68. The molecule has 1 aliphatic rings. The molecular weight excluding hydrogens is 86.1 g/mol. The predicted molar refractivity (Wildman–Crippen MR) is 31.7 cm³/mol. The van der Waals surface area contributed by atoms with Gasteiger partial charge < -0.3 is 0 Å². The van der Waals surface area contributed by atoms with Crippen molar-refractivity contribution in [3.63, 3.8) is 0 Å². The molecule has 1 unspecified atom stereocenters. The van der Waals surface area contributed by atoms with E-state index in [1.54, 1.807) is 0 Å². The molecule has 1 nitrogen and oxygen atoms in total. The third kappa shape index (κ3) is 0.817. The van der Waals surface area contributed by atoms with Crippen LogP contribution in [0, 0.1) is 5.92 Å². The van der Waals surface area contributed by atoms with Crippen molar-refractivity contribution in [3.8, 4) is 0 Å². The predicted octanol–water partition coefficient (Wildman–Crippen LogP) is 1.49. The highest BCUT2D eigenvalue weighted by molar-refractivity contribution is 5.26. The van der Waals surface area contributed by atoms with Crippen molar-refractivity contribution in [2.75, 3.05) is 0 Å². The van der Waals surface area contributed by atoms with Crippen LogP contribution in [0.4, 0.5) is 0 Å². The summed E-state index contributed by atoms with van der Waals surface area (Å²) in [4.78, 5) is 3.90. The summed E-state index contributed by atoms with van der Waals surface area (Å²) < 4.78 is 0. The highest BCUT2D eigenvalue weighted by Gasteiger charge is 2.33. The second-order valence-corrected chi connectivity index (χ2v) is 2.15. The van der Waals surface area contributed by atoms with E-state index in [2.05, 4.69) is 18.6 Å². The molecule has 1 rings (SSSR count). The molecule has 0 aromatic rings. The van der Waals surface area contributed by atoms with Gasteiger partial charge in [0.1, 0.15) is 0 Å². The maximum Gasteiger partial charge on any atom is 0.0524 e. The lowest BCUT2D eigenvalue weighted by Gasteiger charge is -1.81. The Labute approximate surface area is 44.5 Å². The SMILES string of the molecule is C=NC1C[C@@H]1CC. The normalized spacial score (nSPS) is 37.9. The largest absolute Gasteiger partial charge is 0.297 e. The summed E-state index contributed by atoms with van der Waals surface area (Å²) in [6, 6.07) is 0.630. The van der Waals surface area contributed by atoms with E-state index in [0.29, 0.717) is 6.04 Å². The van der Waals surface area contributed by atoms with Crippen molar-refractivity contribution in [1.82, 2.24) is 0 Å². The topological polar surface area (TPSA) is 12.4 Å². The number of hydrogen-bond acceptors (Lipinski definition) is 1. The molecule has 0 aliphatic heterocycles. The smallest absolute Gasteiger partial charge is 0.0524 e. The van der Waals surface area contributed by atoms with Crippen molar-refractivity contribution in [2.45, 2.75) is 25.8 Å². The van der Waals surface area contributed by atoms with Gasteiger partial charge in [-0.2, -0.15) is 0 Å². The van der Waals surface area contributed by atoms with Gasteiger partial charge in [-0.3, -0.25) is 4.99 Å². The first-order valence-electron chi connectivity index (χ1n) is 2.84. The maximum atomic E-state index is 3.90. The Kier molecular flexibility index (Phi) is 1.13. The Balaban J connectivity index is 2.17. The minimum atomic E-state index is 0.630. The second kappa shape index (κ2) is 1.65. The molecule has 0 amide bonds. The van der Waals surface area contributed by atoms with Crippen LogP contribution in [-0.2, 0) is 0 Å². The zero-order valence-corrected chi connectivity index (χ0v) is 4.72. The van der Waals surface area contributed by atoms with Crippen molar-refractivity contribution in [3.05, 3.63) is 0 Å². The van der Waals surface area contributed by atoms with Crippen LogP contribution in [0.25, 0.3) is 0 Å². The highest BCUT2D eigenvalue weighted by Crippen LogP contribution is 2.35. The van der Waals surface area contributed by atoms with Gasteiger partial charge >= 0.3 is 0 Å². The second-order valence-electron chi connectivity index (χ2n) is 2.15. The molecule has 2 atom stereocenters. The molecule has 0 saturated heterocycles. The Morgan fingerprint density at radius 2 is 2.57 bits per heavy atom. The molecule has 1 aliphatic carbocycles. The van der Waals surface area contributed by atoms with Crippen molar-refractivity contribution >= 4 is 6.72 Å². The molecule has 1 saturated carbocycles. The van der Waals surface area contributed by atoms with Crippen LogP contribution in [0.3, 0.4) is 0 Å². The molecule has 0 radical (unpaired) electrons. The van der Waals surface area contributed by atoms with Crippen LogP contribution < -0.4 is 0 Å². The summed E-state index contributed by atoms with van der Waals surface area (Å²) in [7, 11) is 0. The minimum Gasteiger partial charge on any atom is -0.297 e. The van der Waals surface area contributed by atoms with E-state index >= 15 is 0 Å². The van der Waals surface area contributed by atoms with E-state index in [1.807, 2.05) is 0 Å². The fourth-order valence-corrected chi connectivity index (χ4v) is 0.894. The van der Waals surface area contributed by atoms with E-state index in [4.69, 9.17) is 0 Å². The standard InChI is InChI=1S/C6H11N/c1-3-5-4-6(5)7-2/h5-6H,2-4H2,1H3/t5-,6?/m0/s1. The molecular formula is C6H11N. The van der Waals surface area contributed by atoms with Gasteiger partial charge in [0.25, 0.3) is 0 Å². The van der Waals surface area contributed by atoms with E-state index in [9.17, 15) is 0 Å². The molecule has 0 heterocycles. The average molecular weight is 97.2 g/mol. The van der Waals surface area contributed by atoms with Gasteiger partial charge in [-0.05, 0) is 19.1 Å². The third-order valence-corrected chi connectivity index (χ3v) is 1.64. The number of nitrogens with zero attached hydrogens (tertiary/aromatic N) is 1. The van der Waals surface area contributed by atoms with Crippen molar-refractivity contribution < 1.29 is 0 Å². The monoisotopic (exact) mass is 97.1 g/mol. The number of hydrogen-bond donors (Lipinski definition) is 0. The molecule has 0 N–H and O–H groups in total. The molecule has 1 heteroatoms. The summed E-state index contributed by atoms with van der Waals surface area (Å²) in [6.07, 6.45) is 2.57. The summed E-state index contributed by atoms with van der Waals surface area (Å²) in [5.41, 5.74) is 0. The van der Waals surface area contributed by atoms with Gasteiger partial charge in [-0.25, -0.2) is 0 Å². The van der Waals surface area contributed by atoms with Crippen molar-refractivity contribution in [2.24, 2.45) is 10.9 Å². The Morgan fingerprint density at radius 1 is 1.86 bits per heavy atom. The van der Waals surface area contributed by atoms with E-state index in [0.717, 1.165) is 5.92 Å². The Morgan fingerprint density at radius 3 is 2.71 bits per heavy atom. The van der Waals surface area contributed by atoms with Crippen LogP contribution in [0.2, 0.25) is 0 Å². The zero-order chi connectivity index (χ0) is 5.28. The lowest BCUT2D eigenvalue weighted by atomic mass is 10.3. The summed E-state index contributed by atoms with van der Waals surface area (Å²) >= 11 is 0.